The van der Waals surface area contributed by atoms with Gasteiger partial charge in [0.25, 0.3) is 0 Å². The summed E-state index contributed by atoms with van der Waals surface area (Å²) in [5, 5.41) is 0. The number of aryl methyl sites for hydroxylation is 2. The molecule has 0 aliphatic carbocycles. The van der Waals surface area contributed by atoms with Crippen molar-refractivity contribution < 1.29 is 4.74 Å². The molecular weight excluding hydrogens is 214 g/mol. The first-order valence-corrected chi connectivity index (χ1v) is 5.36. The SMILES string of the molecule is COc1ccc(N)cc1-c1nc(C)cc(C)n1. The Morgan fingerprint density at radius 1 is 1.06 bits per heavy atom. The molecule has 0 bridgehead atoms. The minimum atomic E-state index is 0.645. The van der Waals surface area contributed by atoms with E-state index in [1.165, 1.54) is 0 Å². The van der Waals surface area contributed by atoms with Crippen molar-refractivity contribution in [2.75, 3.05) is 12.8 Å². The van der Waals surface area contributed by atoms with Crippen LogP contribution in [0, 0.1) is 13.8 Å². The van der Waals surface area contributed by atoms with Gasteiger partial charge in [0.05, 0.1) is 12.7 Å². The van der Waals surface area contributed by atoms with E-state index in [0.717, 1.165) is 22.7 Å². The second kappa shape index (κ2) is 4.41. The summed E-state index contributed by atoms with van der Waals surface area (Å²) in [5.41, 5.74) is 9.13. The average Bonchev–Trinajstić information content (AvgIpc) is 2.27. The maximum atomic E-state index is 5.78. The summed E-state index contributed by atoms with van der Waals surface area (Å²) in [7, 11) is 1.62. The minimum absolute atomic E-state index is 0.645. The highest BCUT2D eigenvalue weighted by Gasteiger charge is 2.10. The van der Waals surface area contributed by atoms with Gasteiger partial charge >= 0.3 is 0 Å². The molecule has 0 radical (unpaired) electrons. The van der Waals surface area contributed by atoms with Gasteiger partial charge in [0, 0.05) is 17.1 Å². The van der Waals surface area contributed by atoms with Crippen LogP contribution in [0.4, 0.5) is 5.69 Å². The Balaban J connectivity index is 2.62. The number of nitrogens with two attached hydrogens (primary N) is 1. The molecule has 0 spiro atoms. The van der Waals surface area contributed by atoms with Crippen molar-refractivity contribution in [2.45, 2.75) is 13.8 Å². The molecule has 88 valence electrons. The van der Waals surface area contributed by atoms with Crippen LogP contribution in [-0.4, -0.2) is 17.1 Å². The Bertz CT molecular complexity index is 532. The van der Waals surface area contributed by atoms with Crippen molar-refractivity contribution in [2.24, 2.45) is 0 Å². The van der Waals surface area contributed by atoms with Gasteiger partial charge in [-0.25, -0.2) is 9.97 Å². The van der Waals surface area contributed by atoms with Gasteiger partial charge in [-0.1, -0.05) is 0 Å². The molecule has 4 nitrogen and oxygen atoms in total. The van der Waals surface area contributed by atoms with Crippen LogP contribution in [0.15, 0.2) is 24.3 Å². The van der Waals surface area contributed by atoms with E-state index in [4.69, 9.17) is 10.5 Å². The van der Waals surface area contributed by atoms with Crippen molar-refractivity contribution in [3.63, 3.8) is 0 Å². The van der Waals surface area contributed by atoms with Crippen molar-refractivity contribution >= 4 is 5.69 Å². The van der Waals surface area contributed by atoms with E-state index in [-0.39, 0.29) is 0 Å². The van der Waals surface area contributed by atoms with E-state index in [2.05, 4.69) is 9.97 Å². The van der Waals surface area contributed by atoms with Gasteiger partial charge in [-0.2, -0.15) is 0 Å². The molecule has 0 saturated carbocycles. The first kappa shape index (κ1) is 11.4. The fraction of sp³-hybridized carbons (Fsp3) is 0.231. The fourth-order valence-corrected chi connectivity index (χ4v) is 1.75. The molecular formula is C13H15N3O. The Morgan fingerprint density at radius 2 is 1.71 bits per heavy atom. The van der Waals surface area contributed by atoms with Crippen molar-refractivity contribution in [1.82, 2.24) is 9.97 Å². The number of nitrogen functional groups attached to an aromatic ring is 1. The third kappa shape index (κ3) is 2.36. The van der Waals surface area contributed by atoms with Crippen molar-refractivity contribution in [3.05, 3.63) is 35.7 Å². The first-order valence-electron chi connectivity index (χ1n) is 5.36. The predicted octanol–water partition coefficient (Wildman–Crippen LogP) is 2.35. The quantitative estimate of drug-likeness (QED) is 0.803. The molecule has 1 aromatic carbocycles. The zero-order valence-electron chi connectivity index (χ0n) is 10.2. The lowest BCUT2D eigenvalue weighted by atomic mass is 10.1. The van der Waals surface area contributed by atoms with Crippen LogP contribution in [-0.2, 0) is 0 Å². The van der Waals surface area contributed by atoms with Crippen molar-refractivity contribution in [1.29, 1.82) is 0 Å². The molecule has 0 fully saturated rings. The zero-order chi connectivity index (χ0) is 12.4. The molecule has 1 aromatic heterocycles. The second-order valence-corrected chi connectivity index (χ2v) is 3.93. The normalized spacial score (nSPS) is 10.3. The van der Waals surface area contributed by atoms with E-state index in [1.807, 2.05) is 32.0 Å². The molecule has 2 aromatic rings. The van der Waals surface area contributed by atoms with E-state index >= 15 is 0 Å². The topological polar surface area (TPSA) is 61.0 Å². The summed E-state index contributed by atoms with van der Waals surface area (Å²) >= 11 is 0. The maximum absolute atomic E-state index is 5.78. The lowest BCUT2D eigenvalue weighted by Crippen LogP contribution is -1.98. The molecule has 17 heavy (non-hydrogen) atoms. The molecule has 0 atom stereocenters. The Kier molecular flexibility index (Phi) is 2.95. The summed E-state index contributed by atoms with van der Waals surface area (Å²) < 4.78 is 5.30. The number of ether oxygens (including phenoxy) is 1. The van der Waals surface area contributed by atoms with E-state index in [1.54, 1.807) is 13.2 Å². The first-order chi connectivity index (χ1) is 8.10. The van der Waals surface area contributed by atoms with E-state index in [9.17, 15) is 0 Å². The van der Waals surface area contributed by atoms with E-state index in [0.29, 0.717) is 11.5 Å². The summed E-state index contributed by atoms with van der Waals surface area (Å²) in [5.74, 6) is 1.37. The highest BCUT2D eigenvalue weighted by atomic mass is 16.5. The molecule has 4 heteroatoms. The third-order valence-electron chi connectivity index (χ3n) is 2.45. The fourth-order valence-electron chi connectivity index (χ4n) is 1.75. The van der Waals surface area contributed by atoms with Crippen LogP contribution in [0.5, 0.6) is 5.75 Å². The summed E-state index contributed by atoms with van der Waals surface area (Å²) in [6, 6.07) is 7.38. The minimum Gasteiger partial charge on any atom is -0.496 e. The molecule has 0 saturated heterocycles. The lowest BCUT2D eigenvalue weighted by Gasteiger charge is -2.09. The second-order valence-electron chi connectivity index (χ2n) is 3.93. The highest BCUT2D eigenvalue weighted by Crippen LogP contribution is 2.29. The van der Waals surface area contributed by atoms with Gasteiger partial charge in [-0.3, -0.25) is 0 Å². The van der Waals surface area contributed by atoms with Gasteiger partial charge < -0.3 is 10.5 Å². The summed E-state index contributed by atoms with van der Waals surface area (Å²) in [6.07, 6.45) is 0. The Hall–Kier alpha value is -2.10. The maximum Gasteiger partial charge on any atom is 0.163 e. The number of hydrogen-bond donors (Lipinski definition) is 1. The summed E-state index contributed by atoms with van der Waals surface area (Å²) in [4.78, 5) is 8.81. The van der Waals surface area contributed by atoms with Crippen molar-refractivity contribution in [3.8, 4) is 17.1 Å². The van der Waals surface area contributed by atoms with Gasteiger partial charge in [-0.15, -0.1) is 0 Å². The smallest absolute Gasteiger partial charge is 0.163 e. The standard InChI is InChI=1S/C13H15N3O/c1-8-6-9(2)16-13(15-8)11-7-10(14)4-5-12(11)17-3/h4-7H,14H2,1-3H3. The van der Waals surface area contributed by atoms with Gasteiger partial charge in [0.1, 0.15) is 5.75 Å². The highest BCUT2D eigenvalue weighted by molar-refractivity contribution is 5.69. The summed E-state index contributed by atoms with van der Waals surface area (Å²) in [6.45, 7) is 3.88. The molecule has 2 N–H and O–H groups in total. The number of rotatable bonds is 2. The van der Waals surface area contributed by atoms with Crippen LogP contribution in [0.3, 0.4) is 0 Å². The van der Waals surface area contributed by atoms with Crippen LogP contribution >= 0.6 is 0 Å². The van der Waals surface area contributed by atoms with E-state index < -0.39 is 0 Å². The Labute approximate surface area is 100 Å². The molecule has 2 rings (SSSR count). The van der Waals surface area contributed by atoms with Gasteiger partial charge in [-0.05, 0) is 38.1 Å². The molecule has 0 aliphatic rings. The van der Waals surface area contributed by atoms with Crippen LogP contribution in [0.25, 0.3) is 11.4 Å². The molecule has 0 unspecified atom stereocenters. The van der Waals surface area contributed by atoms with Crippen LogP contribution in [0.1, 0.15) is 11.4 Å². The third-order valence-corrected chi connectivity index (χ3v) is 2.45. The number of nitrogens with zero attached hydrogens (tertiary/aromatic N) is 2. The Morgan fingerprint density at radius 3 is 2.29 bits per heavy atom. The zero-order valence-corrected chi connectivity index (χ0v) is 10.2. The lowest BCUT2D eigenvalue weighted by molar-refractivity contribution is 0.416. The average molecular weight is 229 g/mol. The van der Waals surface area contributed by atoms with Crippen LogP contribution < -0.4 is 10.5 Å². The number of anilines is 1. The van der Waals surface area contributed by atoms with Gasteiger partial charge in [0.15, 0.2) is 5.82 Å². The number of hydrogen-bond acceptors (Lipinski definition) is 4. The molecule has 1 heterocycles. The van der Waals surface area contributed by atoms with Gasteiger partial charge in [0.2, 0.25) is 0 Å². The molecule has 0 aliphatic heterocycles. The monoisotopic (exact) mass is 229 g/mol. The largest absolute Gasteiger partial charge is 0.496 e. The number of benzene rings is 1. The molecule has 0 amide bonds. The number of methoxy groups -OCH3 is 1. The van der Waals surface area contributed by atoms with Crippen LogP contribution in [0.2, 0.25) is 0 Å². The predicted molar refractivity (Wildman–Crippen MR) is 67.9 cm³/mol. The number of aromatic nitrogens is 2.